The van der Waals surface area contributed by atoms with Gasteiger partial charge in [0.2, 0.25) is 0 Å². The summed E-state index contributed by atoms with van der Waals surface area (Å²) in [6, 6.07) is 0. The minimum absolute atomic E-state index is 0.402. The number of Topliss-reactive ketones (excluding diaryl/α,β-unsaturated/α-hetero) is 1. The number of ketones is 1. The first-order valence-corrected chi connectivity index (χ1v) is 8.04. The van der Waals surface area contributed by atoms with E-state index >= 15 is 0 Å². The van der Waals surface area contributed by atoms with Crippen molar-refractivity contribution in [1.29, 1.82) is 0 Å². The van der Waals surface area contributed by atoms with E-state index in [1.54, 1.807) is 13.8 Å². The molecule has 0 aromatic rings. The molecule has 0 amide bonds. The number of hydrogen-bond acceptors (Lipinski definition) is 9. The Hall–Kier alpha value is -2.29. The summed E-state index contributed by atoms with van der Waals surface area (Å²) in [7, 11) is 1.23. The minimum Gasteiger partial charge on any atom is -0.465 e. The highest BCUT2D eigenvalue weighted by Crippen LogP contribution is 2.22. The van der Waals surface area contributed by atoms with E-state index in [0.717, 1.165) is 20.8 Å². The molecule has 0 aliphatic heterocycles. The van der Waals surface area contributed by atoms with Crippen LogP contribution >= 0.6 is 0 Å². The third kappa shape index (κ3) is 7.73. The van der Waals surface area contributed by atoms with Crippen LogP contribution in [-0.2, 0) is 42.9 Å². The summed E-state index contributed by atoms with van der Waals surface area (Å²) in [5, 5.41) is 0. The molecule has 0 aliphatic carbocycles. The molecule has 148 valence electrons. The van der Waals surface area contributed by atoms with Gasteiger partial charge in [-0.05, 0) is 0 Å². The normalized spacial score (nSPS) is 15.3. The first-order valence-electron chi connectivity index (χ1n) is 8.04. The Balaban J connectivity index is 5.93. The van der Waals surface area contributed by atoms with Crippen molar-refractivity contribution < 1.29 is 42.9 Å². The quantitative estimate of drug-likeness (QED) is 0.288. The van der Waals surface area contributed by atoms with E-state index in [-0.39, 0.29) is 0 Å². The molecule has 9 nitrogen and oxygen atoms in total. The van der Waals surface area contributed by atoms with Crippen LogP contribution in [0, 0.1) is 11.8 Å². The molecule has 0 aliphatic rings. The third-order valence-electron chi connectivity index (χ3n) is 3.41. The largest absolute Gasteiger partial charge is 0.465 e. The molecule has 0 rings (SSSR count). The first kappa shape index (κ1) is 23.7. The van der Waals surface area contributed by atoms with Crippen LogP contribution in [0.15, 0.2) is 0 Å². The summed E-state index contributed by atoms with van der Waals surface area (Å²) in [4.78, 5) is 58.0. The highest BCUT2D eigenvalue weighted by Gasteiger charge is 2.44. The van der Waals surface area contributed by atoms with Crippen molar-refractivity contribution >= 4 is 30.0 Å². The minimum atomic E-state index is -1.39. The molecule has 26 heavy (non-hydrogen) atoms. The van der Waals surface area contributed by atoms with Crippen LogP contribution in [0.2, 0.25) is 0 Å². The van der Waals surface area contributed by atoms with Gasteiger partial charge in [-0.1, -0.05) is 13.8 Å². The van der Waals surface area contributed by atoms with E-state index in [4.69, 9.17) is 18.9 Å². The third-order valence-corrected chi connectivity index (χ3v) is 3.41. The van der Waals surface area contributed by atoms with Gasteiger partial charge in [0, 0.05) is 33.8 Å². The highest BCUT2D eigenvalue weighted by atomic mass is 16.6. The van der Waals surface area contributed by atoms with Gasteiger partial charge in [-0.3, -0.25) is 19.2 Å². The van der Waals surface area contributed by atoms with Gasteiger partial charge in [-0.25, -0.2) is 0 Å². The number of ether oxygens (including phenoxy) is 4. The molecule has 0 saturated carbocycles. The predicted molar refractivity (Wildman–Crippen MR) is 87.9 cm³/mol. The number of rotatable bonds is 11. The first-order chi connectivity index (χ1) is 12.0. The fourth-order valence-electron chi connectivity index (χ4n) is 2.25. The molecule has 0 radical (unpaired) electrons. The molecule has 9 heteroatoms. The lowest BCUT2D eigenvalue weighted by atomic mass is 9.90. The second-order valence-electron chi connectivity index (χ2n) is 5.96. The Labute approximate surface area is 152 Å². The van der Waals surface area contributed by atoms with E-state index in [9.17, 15) is 24.0 Å². The molecule has 0 spiro atoms. The summed E-state index contributed by atoms with van der Waals surface area (Å²) in [6.07, 6.45) is -3.63. The van der Waals surface area contributed by atoms with Crippen molar-refractivity contribution in [3.63, 3.8) is 0 Å². The van der Waals surface area contributed by atoms with Crippen LogP contribution in [0.1, 0.15) is 34.6 Å². The Morgan fingerprint density at radius 3 is 1.73 bits per heavy atom. The molecular formula is C17H26O9. The Morgan fingerprint density at radius 2 is 1.38 bits per heavy atom. The summed E-state index contributed by atoms with van der Waals surface area (Å²) < 4.78 is 20.3. The van der Waals surface area contributed by atoms with Crippen molar-refractivity contribution in [3.05, 3.63) is 0 Å². The Morgan fingerprint density at radius 1 is 0.885 bits per heavy atom. The molecule has 0 bridgehead atoms. The molecular weight excluding hydrogens is 348 g/mol. The predicted octanol–water partition coefficient (Wildman–Crippen LogP) is 0.468. The van der Waals surface area contributed by atoms with Gasteiger partial charge in [0.05, 0.1) is 5.92 Å². The average molecular weight is 374 g/mol. The summed E-state index contributed by atoms with van der Waals surface area (Å²) in [5.41, 5.74) is 0. The average Bonchev–Trinajstić information content (AvgIpc) is 2.52. The lowest BCUT2D eigenvalue weighted by Gasteiger charge is -2.34. The fraction of sp³-hybridized carbons (Fsp3) is 0.706. The lowest BCUT2D eigenvalue weighted by Crippen LogP contribution is -2.52. The number of esters is 3. The van der Waals surface area contributed by atoms with Crippen molar-refractivity contribution in [2.75, 3.05) is 13.7 Å². The van der Waals surface area contributed by atoms with Gasteiger partial charge in [0.1, 0.15) is 12.9 Å². The van der Waals surface area contributed by atoms with E-state index in [2.05, 4.69) is 0 Å². The number of aldehydes is 1. The molecule has 0 N–H and O–H groups in total. The molecule has 0 fully saturated rings. The molecule has 0 aromatic heterocycles. The maximum atomic E-state index is 12.4. The van der Waals surface area contributed by atoms with E-state index in [0.29, 0.717) is 6.29 Å². The number of carbonyl (C=O) groups excluding carboxylic acids is 5. The molecule has 0 saturated heterocycles. The molecule has 0 aromatic carbocycles. The van der Waals surface area contributed by atoms with Gasteiger partial charge < -0.3 is 23.7 Å². The Bertz CT molecular complexity index is 526. The van der Waals surface area contributed by atoms with Crippen molar-refractivity contribution in [3.8, 4) is 0 Å². The SMILES string of the molecule is COC(C(=O)C(C)C)C(OC(C)=O)C(OC(C)=O)C(C=O)COC(C)=O. The van der Waals surface area contributed by atoms with E-state index in [1.165, 1.54) is 7.11 Å². The molecule has 4 atom stereocenters. The van der Waals surface area contributed by atoms with Crippen LogP contribution in [0.25, 0.3) is 0 Å². The van der Waals surface area contributed by atoms with Crippen LogP contribution in [0.3, 0.4) is 0 Å². The van der Waals surface area contributed by atoms with Crippen molar-refractivity contribution in [2.24, 2.45) is 11.8 Å². The lowest BCUT2D eigenvalue weighted by molar-refractivity contribution is -0.187. The number of hydrogen-bond donors (Lipinski definition) is 0. The van der Waals surface area contributed by atoms with Crippen LogP contribution in [-0.4, -0.2) is 62.0 Å². The standard InChI is InChI=1S/C17H26O9/c1-9(2)14(22)16(23-6)17(26-12(5)21)15(25-11(4)20)13(7-18)8-24-10(3)19/h7,9,13,15-17H,8H2,1-6H3. The maximum absolute atomic E-state index is 12.4. The van der Waals surface area contributed by atoms with Crippen LogP contribution < -0.4 is 0 Å². The zero-order valence-corrected chi connectivity index (χ0v) is 15.8. The Kier molecular flexibility index (Phi) is 10.3. The smallest absolute Gasteiger partial charge is 0.303 e. The topological polar surface area (TPSA) is 122 Å². The van der Waals surface area contributed by atoms with Gasteiger partial charge in [-0.2, -0.15) is 0 Å². The zero-order valence-electron chi connectivity index (χ0n) is 15.8. The fourth-order valence-corrected chi connectivity index (χ4v) is 2.25. The van der Waals surface area contributed by atoms with Crippen LogP contribution in [0.5, 0.6) is 0 Å². The van der Waals surface area contributed by atoms with Crippen LogP contribution in [0.4, 0.5) is 0 Å². The van der Waals surface area contributed by atoms with Gasteiger partial charge >= 0.3 is 17.9 Å². The summed E-state index contributed by atoms with van der Waals surface area (Å²) in [6.45, 7) is 6.17. The summed E-state index contributed by atoms with van der Waals surface area (Å²) >= 11 is 0. The van der Waals surface area contributed by atoms with E-state index < -0.39 is 60.4 Å². The van der Waals surface area contributed by atoms with Crippen molar-refractivity contribution in [1.82, 2.24) is 0 Å². The van der Waals surface area contributed by atoms with E-state index in [1.807, 2.05) is 0 Å². The highest BCUT2D eigenvalue weighted by molar-refractivity contribution is 5.86. The van der Waals surface area contributed by atoms with Crippen molar-refractivity contribution in [2.45, 2.75) is 52.9 Å². The second kappa shape index (κ2) is 11.3. The number of carbonyl (C=O) groups is 5. The summed E-state index contributed by atoms with van der Waals surface area (Å²) in [5.74, 6) is -4.22. The zero-order chi connectivity index (χ0) is 20.4. The maximum Gasteiger partial charge on any atom is 0.303 e. The van der Waals surface area contributed by atoms with Gasteiger partial charge in [-0.15, -0.1) is 0 Å². The second-order valence-corrected chi connectivity index (χ2v) is 5.96. The van der Waals surface area contributed by atoms with Gasteiger partial charge in [0.15, 0.2) is 24.1 Å². The monoisotopic (exact) mass is 374 g/mol. The molecule has 0 heterocycles. The molecule has 4 unspecified atom stereocenters. The van der Waals surface area contributed by atoms with Gasteiger partial charge in [0.25, 0.3) is 0 Å². The number of methoxy groups -OCH3 is 1.